The van der Waals surface area contributed by atoms with Crippen molar-refractivity contribution in [3.05, 3.63) is 29.8 Å². The number of hydrogen-bond donors (Lipinski definition) is 1. The fourth-order valence-corrected chi connectivity index (χ4v) is 1.52. The smallest absolute Gasteiger partial charge is 0.131 e. The number of hydrogen-bond acceptors (Lipinski definition) is 3. The third kappa shape index (κ3) is 4.45. The number of ketones is 1. The Hall–Kier alpha value is -1.35. The maximum absolute atomic E-state index is 10.7. The molecule has 3 heteroatoms. The first-order chi connectivity index (χ1) is 7.74. The van der Waals surface area contributed by atoms with Crippen LogP contribution in [0, 0.1) is 0 Å². The number of carbonyl (C=O) groups excluding carboxylic acids is 1. The van der Waals surface area contributed by atoms with E-state index in [1.165, 1.54) is 5.56 Å². The molecule has 0 aliphatic carbocycles. The molecule has 1 rings (SSSR count). The van der Waals surface area contributed by atoms with Crippen LogP contribution in [0.25, 0.3) is 0 Å². The highest BCUT2D eigenvalue weighted by Crippen LogP contribution is 2.17. The molecule has 0 radical (unpaired) electrons. The first kappa shape index (κ1) is 12.7. The maximum atomic E-state index is 10.7. The minimum absolute atomic E-state index is 0.227. The summed E-state index contributed by atoms with van der Waals surface area (Å²) in [6.07, 6.45) is 1.52. The molecule has 0 aliphatic rings. The fraction of sp³-hybridized carbons (Fsp3) is 0.462. The summed E-state index contributed by atoms with van der Waals surface area (Å²) in [7, 11) is 1.68. The molecule has 0 atom stereocenters. The number of ether oxygens (including phenoxy) is 1. The second-order valence-electron chi connectivity index (χ2n) is 3.76. The largest absolute Gasteiger partial charge is 0.496 e. The van der Waals surface area contributed by atoms with Gasteiger partial charge in [-0.2, -0.15) is 0 Å². The summed E-state index contributed by atoms with van der Waals surface area (Å²) in [5.74, 6) is 1.15. The van der Waals surface area contributed by atoms with Gasteiger partial charge in [0.2, 0.25) is 0 Å². The van der Waals surface area contributed by atoms with E-state index in [1.807, 2.05) is 18.2 Å². The molecular formula is C13H19NO2. The first-order valence-corrected chi connectivity index (χ1v) is 5.56. The molecule has 0 amide bonds. The van der Waals surface area contributed by atoms with Gasteiger partial charge >= 0.3 is 0 Å². The monoisotopic (exact) mass is 221 g/mol. The predicted octanol–water partition coefficient (Wildman–Crippen LogP) is 1.81. The molecule has 0 aliphatic heterocycles. The second-order valence-corrected chi connectivity index (χ2v) is 3.76. The van der Waals surface area contributed by atoms with Gasteiger partial charge in [0, 0.05) is 13.0 Å². The topological polar surface area (TPSA) is 38.3 Å². The highest BCUT2D eigenvalue weighted by molar-refractivity contribution is 5.75. The molecule has 16 heavy (non-hydrogen) atoms. The second kappa shape index (κ2) is 7.01. The summed E-state index contributed by atoms with van der Waals surface area (Å²) in [5, 5.41) is 3.24. The Labute approximate surface area is 96.8 Å². The van der Waals surface area contributed by atoms with Crippen LogP contribution in [0.15, 0.2) is 24.3 Å². The molecule has 0 unspecified atom stereocenters. The van der Waals surface area contributed by atoms with E-state index < -0.39 is 0 Å². The maximum Gasteiger partial charge on any atom is 0.131 e. The van der Waals surface area contributed by atoms with Crippen molar-refractivity contribution in [1.82, 2.24) is 5.32 Å². The van der Waals surface area contributed by atoms with E-state index in [1.54, 1.807) is 14.0 Å². The van der Waals surface area contributed by atoms with Crippen LogP contribution in [0.2, 0.25) is 0 Å². The molecule has 0 fully saturated rings. The van der Waals surface area contributed by atoms with Gasteiger partial charge < -0.3 is 10.1 Å². The van der Waals surface area contributed by atoms with E-state index in [0.29, 0.717) is 6.42 Å². The van der Waals surface area contributed by atoms with Crippen molar-refractivity contribution < 1.29 is 9.53 Å². The Morgan fingerprint density at radius 1 is 1.31 bits per heavy atom. The number of benzene rings is 1. The summed E-state index contributed by atoms with van der Waals surface area (Å²) in [6.45, 7) is 3.24. The standard InChI is InChI=1S/C13H19NO2/c1-11(15)7-9-14-10-8-12-5-3-4-6-13(12)16-2/h3-6,14H,7-10H2,1-2H3. The predicted molar refractivity (Wildman–Crippen MR) is 64.9 cm³/mol. The van der Waals surface area contributed by atoms with Crippen LogP contribution in [0.5, 0.6) is 5.75 Å². The highest BCUT2D eigenvalue weighted by Gasteiger charge is 2.00. The number of rotatable bonds is 7. The molecule has 3 nitrogen and oxygen atoms in total. The van der Waals surface area contributed by atoms with Gasteiger partial charge in [-0.05, 0) is 31.5 Å². The quantitative estimate of drug-likeness (QED) is 0.714. The molecule has 0 aromatic heterocycles. The number of Topliss-reactive ketones (excluding diaryl/α,β-unsaturated/α-hetero) is 1. The van der Waals surface area contributed by atoms with Crippen molar-refractivity contribution in [1.29, 1.82) is 0 Å². The lowest BCUT2D eigenvalue weighted by Gasteiger charge is -2.08. The van der Waals surface area contributed by atoms with E-state index in [0.717, 1.165) is 25.3 Å². The van der Waals surface area contributed by atoms with Crippen molar-refractivity contribution in [2.45, 2.75) is 19.8 Å². The van der Waals surface area contributed by atoms with Gasteiger partial charge in [0.05, 0.1) is 7.11 Å². The Morgan fingerprint density at radius 2 is 2.06 bits per heavy atom. The van der Waals surface area contributed by atoms with Crippen molar-refractivity contribution >= 4 is 5.78 Å². The van der Waals surface area contributed by atoms with Crippen molar-refractivity contribution in [3.63, 3.8) is 0 Å². The van der Waals surface area contributed by atoms with Crippen LogP contribution in [-0.2, 0) is 11.2 Å². The first-order valence-electron chi connectivity index (χ1n) is 5.56. The van der Waals surface area contributed by atoms with Crippen LogP contribution in [0.1, 0.15) is 18.9 Å². The van der Waals surface area contributed by atoms with Crippen LogP contribution in [0.3, 0.4) is 0 Å². The van der Waals surface area contributed by atoms with Gasteiger partial charge in [0.15, 0.2) is 0 Å². The Morgan fingerprint density at radius 3 is 2.75 bits per heavy atom. The van der Waals surface area contributed by atoms with Gasteiger partial charge in [-0.25, -0.2) is 0 Å². The van der Waals surface area contributed by atoms with Gasteiger partial charge in [0.25, 0.3) is 0 Å². The summed E-state index contributed by atoms with van der Waals surface area (Å²) in [4.78, 5) is 10.7. The van der Waals surface area contributed by atoms with E-state index in [-0.39, 0.29) is 5.78 Å². The van der Waals surface area contributed by atoms with Gasteiger partial charge in [0.1, 0.15) is 11.5 Å². The van der Waals surface area contributed by atoms with Crippen LogP contribution >= 0.6 is 0 Å². The van der Waals surface area contributed by atoms with Crippen LogP contribution in [-0.4, -0.2) is 26.0 Å². The van der Waals surface area contributed by atoms with Crippen molar-refractivity contribution in [3.8, 4) is 5.75 Å². The normalized spacial score (nSPS) is 10.1. The molecule has 0 heterocycles. The molecule has 0 saturated carbocycles. The van der Waals surface area contributed by atoms with Gasteiger partial charge in [-0.15, -0.1) is 0 Å². The van der Waals surface area contributed by atoms with Crippen LogP contribution in [0.4, 0.5) is 0 Å². The summed E-state index contributed by atoms with van der Waals surface area (Å²) in [5.41, 5.74) is 1.19. The zero-order valence-electron chi connectivity index (χ0n) is 9.95. The third-order valence-corrected chi connectivity index (χ3v) is 2.42. The molecule has 88 valence electrons. The molecular weight excluding hydrogens is 202 g/mol. The molecule has 1 N–H and O–H groups in total. The number of methoxy groups -OCH3 is 1. The lowest BCUT2D eigenvalue weighted by atomic mass is 10.1. The van der Waals surface area contributed by atoms with Crippen LogP contribution < -0.4 is 10.1 Å². The molecule has 0 saturated heterocycles. The SMILES string of the molecule is COc1ccccc1CCNCCC(C)=O. The minimum Gasteiger partial charge on any atom is -0.496 e. The average Bonchev–Trinajstić information content (AvgIpc) is 2.29. The van der Waals surface area contributed by atoms with Gasteiger partial charge in [-0.1, -0.05) is 18.2 Å². The summed E-state index contributed by atoms with van der Waals surface area (Å²) >= 11 is 0. The van der Waals surface area contributed by atoms with E-state index in [9.17, 15) is 4.79 Å². The number of para-hydroxylation sites is 1. The molecule has 1 aromatic rings. The Kier molecular flexibility index (Phi) is 5.57. The molecule has 0 spiro atoms. The van der Waals surface area contributed by atoms with E-state index in [2.05, 4.69) is 11.4 Å². The number of nitrogens with one attached hydrogen (secondary N) is 1. The number of carbonyl (C=O) groups is 1. The van der Waals surface area contributed by atoms with E-state index in [4.69, 9.17) is 4.74 Å². The zero-order valence-corrected chi connectivity index (χ0v) is 9.95. The summed E-state index contributed by atoms with van der Waals surface area (Å²) in [6, 6.07) is 8.00. The fourth-order valence-electron chi connectivity index (χ4n) is 1.52. The van der Waals surface area contributed by atoms with E-state index >= 15 is 0 Å². The lowest BCUT2D eigenvalue weighted by molar-refractivity contribution is -0.116. The van der Waals surface area contributed by atoms with Gasteiger partial charge in [-0.3, -0.25) is 4.79 Å². The lowest BCUT2D eigenvalue weighted by Crippen LogP contribution is -2.20. The zero-order chi connectivity index (χ0) is 11.8. The summed E-state index contributed by atoms with van der Waals surface area (Å²) < 4.78 is 5.26. The highest BCUT2D eigenvalue weighted by atomic mass is 16.5. The molecule has 1 aromatic carbocycles. The minimum atomic E-state index is 0.227. The van der Waals surface area contributed by atoms with Crippen molar-refractivity contribution in [2.24, 2.45) is 0 Å². The molecule has 0 bridgehead atoms. The third-order valence-electron chi connectivity index (χ3n) is 2.42. The Balaban J connectivity index is 2.28. The van der Waals surface area contributed by atoms with Crippen molar-refractivity contribution in [2.75, 3.05) is 20.2 Å². The Bertz CT molecular complexity index is 336. The average molecular weight is 221 g/mol.